The van der Waals surface area contributed by atoms with E-state index in [0.29, 0.717) is 16.4 Å². The Morgan fingerprint density at radius 2 is 1.58 bits per heavy atom. The zero-order chi connectivity index (χ0) is 16.0. The molecule has 0 unspecified atom stereocenters. The van der Waals surface area contributed by atoms with E-state index in [1.807, 2.05) is 59.2 Å². The van der Waals surface area contributed by atoms with Crippen molar-refractivity contribution in [3.05, 3.63) is 65.7 Å². The van der Waals surface area contributed by atoms with Crippen LogP contribution in [0.4, 0.5) is 11.4 Å². The van der Waals surface area contributed by atoms with E-state index >= 15 is 0 Å². The van der Waals surface area contributed by atoms with Crippen molar-refractivity contribution >= 4 is 45.0 Å². The third kappa shape index (κ3) is 2.50. The van der Waals surface area contributed by atoms with Gasteiger partial charge in [0.2, 0.25) is 11.2 Å². The number of hydrogen-bond donors (Lipinski definition) is 2. The number of aromatic nitrogens is 2. The number of anilines is 2. The minimum atomic E-state index is 0. The van der Waals surface area contributed by atoms with Gasteiger partial charge in [-0.3, -0.25) is 0 Å². The first kappa shape index (κ1) is 16.3. The van der Waals surface area contributed by atoms with Crippen molar-refractivity contribution < 1.29 is 17.0 Å². The van der Waals surface area contributed by atoms with Gasteiger partial charge in [-0.15, -0.1) is 4.57 Å². The van der Waals surface area contributed by atoms with Crippen LogP contribution in [-0.2, 0) is 0 Å². The number of nitrogens with two attached hydrogens (primary N) is 2. The van der Waals surface area contributed by atoms with Crippen molar-refractivity contribution in [2.24, 2.45) is 0 Å². The third-order valence-corrected chi connectivity index (χ3v) is 4.24. The van der Waals surface area contributed by atoms with Crippen molar-refractivity contribution in [2.75, 3.05) is 11.5 Å². The molecule has 4 N–H and O–H groups in total. The van der Waals surface area contributed by atoms with Gasteiger partial charge in [0.15, 0.2) is 0 Å². The van der Waals surface area contributed by atoms with E-state index in [2.05, 4.69) is 0 Å². The molecular formula is C18H14Cl2N4. The maximum Gasteiger partial charge on any atom is 0.258 e. The van der Waals surface area contributed by atoms with Gasteiger partial charge in [-0.25, -0.2) is 4.98 Å². The Hall–Kier alpha value is -2.56. The summed E-state index contributed by atoms with van der Waals surface area (Å²) in [6, 6.07) is 19.3. The van der Waals surface area contributed by atoms with Crippen molar-refractivity contribution in [1.29, 1.82) is 0 Å². The van der Waals surface area contributed by atoms with Crippen LogP contribution in [0.1, 0.15) is 0 Å². The summed E-state index contributed by atoms with van der Waals surface area (Å²) in [5.41, 5.74) is 17.4. The van der Waals surface area contributed by atoms with Gasteiger partial charge in [-0.05, 0) is 24.3 Å². The molecule has 4 aromatic rings. The van der Waals surface area contributed by atoms with Crippen LogP contribution in [0, 0.1) is 0 Å². The summed E-state index contributed by atoms with van der Waals surface area (Å²) in [4.78, 5) is 4.69. The summed E-state index contributed by atoms with van der Waals surface area (Å²) >= 11 is 6.50. The molecule has 3 aromatic carbocycles. The number of para-hydroxylation sites is 1. The Kier molecular flexibility index (Phi) is 4.18. The summed E-state index contributed by atoms with van der Waals surface area (Å²) in [6.07, 6.45) is 0. The Bertz CT molecular complexity index is 1050. The van der Waals surface area contributed by atoms with Crippen LogP contribution in [0.5, 0.6) is 0 Å². The van der Waals surface area contributed by atoms with Crippen LogP contribution in [0.2, 0.25) is 5.02 Å². The summed E-state index contributed by atoms with van der Waals surface area (Å²) in [7, 11) is 0. The first-order valence-electron chi connectivity index (χ1n) is 7.19. The van der Waals surface area contributed by atoms with Crippen LogP contribution in [-0.4, -0.2) is 4.98 Å². The molecule has 24 heavy (non-hydrogen) atoms. The number of benzene rings is 3. The molecule has 0 bridgehead atoms. The molecule has 0 aliphatic rings. The number of nitrogens with zero attached hydrogens (tertiary/aromatic N) is 2. The SMILES string of the molecule is Nc1ccc2nc3ccc(N)c(Cl)c3[n+](-c3ccccc3)c2c1.[Cl-]. The Morgan fingerprint density at radius 1 is 0.875 bits per heavy atom. The molecule has 0 amide bonds. The largest absolute Gasteiger partial charge is 1.00 e. The van der Waals surface area contributed by atoms with Crippen molar-refractivity contribution in [3.8, 4) is 5.69 Å². The normalized spacial score (nSPS) is 10.7. The molecule has 0 spiro atoms. The fraction of sp³-hybridized carbons (Fsp3) is 0. The molecule has 1 aromatic heterocycles. The Labute approximate surface area is 150 Å². The average Bonchev–Trinajstić information content (AvgIpc) is 2.57. The second kappa shape index (κ2) is 6.15. The molecule has 0 fully saturated rings. The fourth-order valence-corrected chi connectivity index (χ4v) is 3.03. The standard InChI is InChI=1S/C18H13ClN4.ClH/c19-17-13(21)7-9-15-18(17)23(12-4-2-1-3-5-12)16-10-11(20)6-8-14(16)22-15;/h1-10H,(H3,20,21);1H. The maximum absolute atomic E-state index is 6.50. The van der Waals surface area contributed by atoms with E-state index in [1.54, 1.807) is 6.07 Å². The van der Waals surface area contributed by atoms with Gasteiger partial charge in [0, 0.05) is 23.9 Å². The van der Waals surface area contributed by atoms with E-state index in [9.17, 15) is 0 Å². The zero-order valence-electron chi connectivity index (χ0n) is 12.6. The highest BCUT2D eigenvalue weighted by Gasteiger charge is 2.23. The highest BCUT2D eigenvalue weighted by atomic mass is 35.5. The molecule has 0 aliphatic carbocycles. The monoisotopic (exact) mass is 356 g/mol. The minimum Gasteiger partial charge on any atom is -1.00 e. The van der Waals surface area contributed by atoms with Crippen molar-refractivity contribution in [2.45, 2.75) is 0 Å². The van der Waals surface area contributed by atoms with E-state index in [-0.39, 0.29) is 12.4 Å². The lowest BCUT2D eigenvalue weighted by Gasteiger charge is -2.08. The molecule has 0 saturated carbocycles. The molecule has 4 nitrogen and oxygen atoms in total. The summed E-state index contributed by atoms with van der Waals surface area (Å²) in [5, 5.41) is 0.489. The third-order valence-electron chi connectivity index (χ3n) is 3.84. The van der Waals surface area contributed by atoms with Crippen LogP contribution in [0.15, 0.2) is 60.7 Å². The molecular weight excluding hydrogens is 343 g/mol. The number of halogens is 2. The van der Waals surface area contributed by atoms with Gasteiger partial charge >= 0.3 is 0 Å². The van der Waals surface area contributed by atoms with Gasteiger partial charge in [0.05, 0.1) is 5.69 Å². The fourth-order valence-electron chi connectivity index (χ4n) is 2.78. The summed E-state index contributed by atoms with van der Waals surface area (Å²) in [6.45, 7) is 0. The van der Waals surface area contributed by atoms with Gasteiger partial charge in [-0.1, -0.05) is 29.8 Å². The lowest BCUT2D eigenvalue weighted by Crippen LogP contribution is -3.00. The second-order valence-corrected chi connectivity index (χ2v) is 5.75. The molecule has 0 saturated heterocycles. The molecule has 0 aliphatic heterocycles. The molecule has 120 valence electrons. The predicted molar refractivity (Wildman–Crippen MR) is 94.6 cm³/mol. The van der Waals surface area contributed by atoms with Crippen LogP contribution in [0.3, 0.4) is 0 Å². The topological polar surface area (TPSA) is 68.8 Å². The molecule has 0 atom stereocenters. The van der Waals surface area contributed by atoms with Crippen LogP contribution >= 0.6 is 11.6 Å². The lowest BCUT2D eigenvalue weighted by atomic mass is 10.2. The van der Waals surface area contributed by atoms with Gasteiger partial charge in [-0.2, -0.15) is 0 Å². The molecule has 6 heteroatoms. The van der Waals surface area contributed by atoms with E-state index in [4.69, 9.17) is 28.1 Å². The first-order valence-corrected chi connectivity index (χ1v) is 7.57. The Balaban J connectivity index is 0.00000169. The second-order valence-electron chi connectivity index (χ2n) is 5.37. The van der Waals surface area contributed by atoms with Gasteiger partial charge < -0.3 is 23.9 Å². The number of hydrogen-bond acceptors (Lipinski definition) is 3. The molecule has 0 radical (unpaired) electrons. The van der Waals surface area contributed by atoms with E-state index < -0.39 is 0 Å². The lowest BCUT2D eigenvalue weighted by molar-refractivity contribution is -0.538. The predicted octanol–water partition coefficient (Wildman–Crippen LogP) is 0.486. The van der Waals surface area contributed by atoms with E-state index in [1.165, 1.54) is 0 Å². The number of fused-ring (bicyclic) bond motifs is 2. The van der Waals surface area contributed by atoms with Crippen molar-refractivity contribution in [3.63, 3.8) is 0 Å². The highest BCUT2D eigenvalue weighted by molar-refractivity contribution is 6.37. The van der Waals surface area contributed by atoms with Crippen molar-refractivity contribution in [1.82, 2.24) is 4.98 Å². The summed E-state index contributed by atoms with van der Waals surface area (Å²) in [5.74, 6) is 0. The Morgan fingerprint density at radius 3 is 2.33 bits per heavy atom. The highest BCUT2D eigenvalue weighted by Crippen LogP contribution is 2.28. The maximum atomic E-state index is 6.50. The van der Waals surface area contributed by atoms with Gasteiger partial charge in [0.25, 0.3) is 5.52 Å². The molecule has 4 rings (SSSR count). The van der Waals surface area contributed by atoms with E-state index in [0.717, 1.165) is 27.8 Å². The minimum absolute atomic E-state index is 0. The molecule has 1 heterocycles. The quantitative estimate of drug-likeness (QED) is 0.296. The smallest absolute Gasteiger partial charge is 0.258 e. The van der Waals surface area contributed by atoms with Crippen LogP contribution in [0.25, 0.3) is 27.8 Å². The number of rotatable bonds is 1. The zero-order valence-corrected chi connectivity index (χ0v) is 14.1. The van der Waals surface area contributed by atoms with Gasteiger partial charge in [0.1, 0.15) is 16.1 Å². The summed E-state index contributed by atoms with van der Waals surface area (Å²) < 4.78 is 2.05. The average molecular weight is 357 g/mol. The number of nitrogen functional groups attached to an aromatic ring is 2. The van der Waals surface area contributed by atoms with Crippen LogP contribution < -0.4 is 28.4 Å². The first-order chi connectivity index (χ1) is 11.1.